The van der Waals surface area contributed by atoms with Crippen LogP contribution in [0.3, 0.4) is 0 Å². The highest BCUT2D eigenvalue weighted by molar-refractivity contribution is 8.05. The molecule has 41 nitrogen and oxygen atoms in total. The third kappa shape index (κ3) is 104. The van der Waals surface area contributed by atoms with Gasteiger partial charge in [-0.1, -0.05) is 0 Å². The molecular formula is C26H65N11O30S10. The van der Waals surface area contributed by atoms with Crippen LogP contribution >= 0.6 is 0 Å². The fraction of sp³-hybridized carbons (Fsp3) is 0.692. The van der Waals surface area contributed by atoms with Gasteiger partial charge < -0.3 is 20.1 Å². The van der Waals surface area contributed by atoms with Crippen LogP contribution in [0.1, 0.15) is 27.7 Å². The zero-order valence-electron chi connectivity index (χ0n) is 43.8. The molecular weight excluding hydrogens is 1270 g/mol. The van der Waals surface area contributed by atoms with Crippen molar-refractivity contribution in [2.75, 3.05) is 92.5 Å². The summed E-state index contributed by atoms with van der Waals surface area (Å²) in [6.07, 6.45) is 4.98. The molecule has 0 bridgehead atoms. The van der Waals surface area contributed by atoms with Crippen molar-refractivity contribution in [3.8, 4) is 0 Å². The SMILES string of the molecule is CC(=O)NS(C)(=O)=O.CC(=O)NS(C)(=O)=O.CNC(=O)NS(C)(=O)=O.CNC(=O)NS(C)(=O)=O.CNS(=O)(=O)C(C)=O.CNS(=O)(=O)C(C)=O.COC(=O)NS(C)(=O)=O.COC(=O)NS(C)(=O)=O.CS(=O)(=O)NS(C)(=O)=O. The molecule has 0 aliphatic carbocycles. The highest BCUT2D eigenvalue weighted by atomic mass is 32.3. The lowest BCUT2D eigenvalue weighted by atomic mass is 10.8. The van der Waals surface area contributed by atoms with E-state index >= 15 is 0 Å². The van der Waals surface area contributed by atoms with Gasteiger partial charge in [0.05, 0.1) is 64.3 Å². The Hall–Kier alpha value is -5.26. The molecule has 0 saturated carbocycles. The van der Waals surface area contributed by atoms with E-state index < -0.39 is 147 Å². The summed E-state index contributed by atoms with van der Waals surface area (Å²) in [5.74, 6) is -1.12. The number of hydrogen-bond acceptors (Lipinski definition) is 30. The molecule has 0 saturated heterocycles. The van der Waals surface area contributed by atoms with Crippen LogP contribution in [0.25, 0.3) is 0 Å². The summed E-state index contributed by atoms with van der Waals surface area (Å²) < 4.78 is 227. The van der Waals surface area contributed by atoms with E-state index in [0.717, 1.165) is 92.0 Å². The van der Waals surface area contributed by atoms with Gasteiger partial charge in [-0.05, 0) is 14.1 Å². The first-order valence-corrected chi connectivity index (χ1v) is 36.0. The van der Waals surface area contributed by atoms with E-state index in [1.54, 1.807) is 28.3 Å². The minimum absolute atomic E-state index is 0.562. The highest BCUT2D eigenvalue weighted by Crippen LogP contribution is 1.82. The average molecular weight is 1330 g/mol. The Kier molecular flexibility index (Phi) is 48.4. The lowest BCUT2D eigenvalue weighted by molar-refractivity contribution is -0.118. The molecule has 0 heterocycles. The number of hydrogen-bond donors (Lipinski definition) is 11. The Labute approximate surface area is 448 Å². The number of rotatable bonds is 10. The molecule has 0 unspecified atom stereocenters. The van der Waals surface area contributed by atoms with Crippen molar-refractivity contribution in [1.82, 2.24) is 52.5 Å². The molecule has 0 fully saturated rings. The molecule has 8 amide bonds. The zero-order chi connectivity index (χ0) is 64.8. The van der Waals surface area contributed by atoms with E-state index in [2.05, 4.69) is 20.1 Å². The van der Waals surface area contributed by atoms with Crippen LogP contribution < -0.4 is 52.5 Å². The van der Waals surface area contributed by atoms with Crippen molar-refractivity contribution >= 4 is 147 Å². The van der Waals surface area contributed by atoms with Crippen LogP contribution in [0.5, 0.6) is 0 Å². The summed E-state index contributed by atoms with van der Waals surface area (Å²) in [6, 6.07) is -1.45. The van der Waals surface area contributed by atoms with Gasteiger partial charge in [0, 0.05) is 41.8 Å². The van der Waals surface area contributed by atoms with Gasteiger partial charge in [-0.3, -0.25) is 28.6 Å². The normalized spacial score (nSPS) is 11.0. The van der Waals surface area contributed by atoms with Gasteiger partial charge in [-0.25, -0.2) is 132 Å². The highest BCUT2D eigenvalue weighted by Gasteiger charge is 2.13. The number of ether oxygens (including phenoxy) is 2. The quantitative estimate of drug-likeness (QED) is 0.0967. The molecule has 0 rings (SSSR count). The van der Waals surface area contributed by atoms with E-state index in [9.17, 15) is 123 Å². The maximum Gasteiger partial charge on any atom is 0.420 e. The standard InChI is InChI=1S/2C3H8N2O3S.2C3H7NO4S.4C3H7NO3S.C2H7NO4S2/c2*1-4-3(6)5-9(2,7)8;2*1-8-3(5)4-9(2,6)7;2*1-3(5)4-8(2,6)7;2*1-3(5)8(6,7)4-2;1-8(4,5)3-9(2,6)7/h2*1-2H3,(H2,4,5,6);2*1-2H3,(H,4,5);2*1-2H3,(H,4,5);2*4H,1-2H3;3H,1-2H3. The molecule has 51 heteroatoms. The second-order valence-corrected chi connectivity index (χ2v) is 30.8. The number of urea groups is 2. The minimum Gasteiger partial charge on any atom is -0.452 e. The first-order chi connectivity index (χ1) is 33.4. The van der Waals surface area contributed by atoms with Crippen molar-refractivity contribution in [2.24, 2.45) is 0 Å². The van der Waals surface area contributed by atoms with E-state index in [0.29, 0.717) is 0 Å². The Balaban J connectivity index is -0.0000000966. The van der Waals surface area contributed by atoms with Gasteiger partial charge in [-0.15, -0.1) is 4.13 Å². The fourth-order valence-electron chi connectivity index (χ4n) is 1.91. The predicted octanol–water partition coefficient (Wildman–Crippen LogP) is -8.82. The van der Waals surface area contributed by atoms with Crippen molar-refractivity contribution < 1.29 is 132 Å². The van der Waals surface area contributed by atoms with Gasteiger partial charge in [0.2, 0.25) is 92.0 Å². The summed E-state index contributed by atoms with van der Waals surface area (Å²) in [5.41, 5.74) is 0. The third-order valence-corrected chi connectivity index (χ3v) is 12.7. The smallest absolute Gasteiger partial charge is 0.420 e. The van der Waals surface area contributed by atoms with Crippen LogP contribution in [0.4, 0.5) is 19.2 Å². The van der Waals surface area contributed by atoms with Crippen molar-refractivity contribution in [1.29, 1.82) is 0 Å². The number of methoxy groups -OCH3 is 2. The molecule has 464 valence electrons. The Morgan fingerprint density at radius 3 is 0.506 bits per heavy atom. The molecule has 0 aliphatic heterocycles. The van der Waals surface area contributed by atoms with E-state index in [1.165, 1.54) is 32.3 Å². The summed E-state index contributed by atoms with van der Waals surface area (Å²) in [6.45, 7) is 4.26. The van der Waals surface area contributed by atoms with Crippen molar-refractivity contribution in [3.63, 3.8) is 0 Å². The maximum atomic E-state index is 10.2. The van der Waals surface area contributed by atoms with Crippen LogP contribution in [0.2, 0.25) is 0 Å². The second-order valence-electron chi connectivity index (χ2n) is 12.5. The van der Waals surface area contributed by atoms with E-state index in [1.807, 2.05) is 9.44 Å². The molecule has 0 aliphatic rings. The molecule has 77 heavy (non-hydrogen) atoms. The molecule has 0 aromatic carbocycles. The average Bonchev–Trinajstić information content (AvgIpc) is 3.13. The summed E-state index contributed by atoms with van der Waals surface area (Å²) in [5, 5.41) is 2.46. The Morgan fingerprint density at radius 2 is 0.481 bits per heavy atom. The van der Waals surface area contributed by atoms with Crippen LogP contribution in [0.15, 0.2) is 0 Å². The van der Waals surface area contributed by atoms with Crippen LogP contribution in [-0.2, 0) is 129 Å². The van der Waals surface area contributed by atoms with Gasteiger partial charge in [0.15, 0.2) is 0 Å². The number of nitrogens with one attached hydrogen (secondary N) is 11. The van der Waals surface area contributed by atoms with Crippen LogP contribution in [-0.4, -0.2) is 223 Å². The third-order valence-electron chi connectivity index (χ3n) is 4.17. The largest absolute Gasteiger partial charge is 0.452 e. The monoisotopic (exact) mass is 1330 g/mol. The number of carbonyl (C=O) groups is 8. The summed E-state index contributed by atoms with van der Waals surface area (Å²) in [4.78, 5) is 80.7. The van der Waals surface area contributed by atoms with Crippen LogP contribution in [0, 0.1) is 0 Å². The molecule has 0 spiro atoms. The maximum absolute atomic E-state index is 10.2. The van der Waals surface area contributed by atoms with E-state index in [4.69, 9.17) is 0 Å². The second kappa shape index (κ2) is 40.9. The Morgan fingerprint density at radius 1 is 0.299 bits per heavy atom. The number of carbonyl (C=O) groups excluding carboxylic acids is 8. The van der Waals surface area contributed by atoms with E-state index in [-0.39, 0.29) is 0 Å². The lowest BCUT2D eigenvalue weighted by Crippen LogP contribution is -2.36. The Bertz CT molecular complexity index is 2810. The lowest BCUT2D eigenvalue weighted by Gasteiger charge is -1.98. The molecule has 11 N–H and O–H groups in total. The number of amides is 8. The fourth-order valence-corrected chi connectivity index (χ4v) is 7.38. The van der Waals surface area contributed by atoms with Crippen molar-refractivity contribution in [2.45, 2.75) is 27.7 Å². The van der Waals surface area contributed by atoms with Gasteiger partial charge in [0.1, 0.15) is 0 Å². The topological polar surface area (TPSA) is 629 Å². The molecule has 0 radical (unpaired) electrons. The number of sulfonamides is 10. The minimum atomic E-state index is -3.62. The first kappa shape index (κ1) is 91.2. The van der Waals surface area contributed by atoms with Crippen molar-refractivity contribution in [3.05, 3.63) is 0 Å². The zero-order valence-corrected chi connectivity index (χ0v) is 52.0. The first-order valence-electron chi connectivity index (χ1n) is 17.9. The van der Waals surface area contributed by atoms with Gasteiger partial charge >= 0.3 is 24.2 Å². The summed E-state index contributed by atoms with van der Waals surface area (Å²) >= 11 is 0. The molecule has 0 atom stereocenters. The van der Waals surface area contributed by atoms with Gasteiger partial charge in [0.25, 0.3) is 30.3 Å². The molecule has 0 aromatic rings. The molecule has 0 aromatic heterocycles. The summed E-state index contributed by atoms with van der Waals surface area (Å²) in [7, 11) is -27.6. The predicted molar refractivity (Wildman–Crippen MR) is 273 cm³/mol. The van der Waals surface area contributed by atoms with Gasteiger partial charge in [-0.2, -0.15) is 0 Å².